The Labute approximate surface area is 256 Å². The number of aliphatic carboxylic acids is 1. The second kappa shape index (κ2) is 22.1. The van der Waals surface area contributed by atoms with E-state index in [0.717, 1.165) is 6.42 Å². The summed E-state index contributed by atoms with van der Waals surface area (Å²) in [4.78, 5) is 66.0. The lowest BCUT2D eigenvalue weighted by Gasteiger charge is -2.20. The van der Waals surface area contributed by atoms with E-state index in [0.29, 0.717) is 18.4 Å². The fourth-order valence-corrected chi connectivity index (χ4v) is 2.06. The Morgan fingerprint density at radius 2 is 0.953 bits per heavy atom. The number of carboxylic acids is 1. The molecule has 0 aliphatic heterocycles. The highest BCUT2D eigenvalue weighted by Gasteiger charge is 2.28. The van der Waals surface area contributed by atoms with Gasteiger partial charge in [-0.25, -0.2) is 4.79 Å². The zero-order valence-corrected chi connectivity index (χ0v) is 28.0. The molecular weight excluding hydrogens is 564 g/mol. The minimum atomic E-state index is -1.05. The summed E-state index contributed by atoms with van der Waals surface area (Å²) in [6, 6.07) is 0. The highest BCUT2D eigenvalue weighted by atomic mass is 16.6. The molecule has 1 N–H and O–H groups in total. The van der Waals surface area contributed by atoms with Crippen molar-refractivity contribution in [3.05, 3.63) is 12.2 Å². The van der Waals surface area contributed by atoms with Gasteiger partial charge < -0.3 is 28.8 Å². The van der Waals surface area contributed by atoms with Crippen LogP contribution in [0.5, 0.6) is 0 Å². The van der Waals surface area contributed by atoms with E-state index in [2.05, 4.69) is 11.3 Å². The van der Waals surface area contributed by atoms with Crippen molar-refractivity contribution in [2.75, 3.05) is 33.5 Å². The summed E-state index contributed by atoms with van der Waals surface area (Å²) in [6.07, 6.45) is 1.74. The van der Waals surface area contributed by atoms with Crippen LogP contribution in [0.3, 0.4) is 0 Å². The number of esters is 5. The lowest BCUT2D eigenvalue weighted by atomic mass is 9.91. The lowest BCUT2D eigenvalue weighted by Crippen LogP contribution is -2.27. The van der Waals surface area contributed by atoms with Gasteiger partial charge in [0.1, 0.15) is 26.4 Å². The smallest absolute Gasteiger partial charge is 0.333 e. The van der Waals surface area contributed by atoms with Crippen LogP contribution < -0.4 is 0 Å². The molecule has 0 atom stereocenters. The van der Waals surface area contributed by atoms with Gasteiger partial charge in [-0.05, 0) is 67.7 Å². The summed E-state index contributed by atoms with van der Waals surface area (Å²) in [7, 11) is 1.42. The number of carbonyl (C=O) groups is 6. The second-order valence-electron chi connectivity index (χ2n) is 11.5. The summed E-state index contributed by atoms with van der Waals surface area (Å²) in [5.41, 5.74) is -1.01. The zero-order valence-electron chi connectivity index (χ0n) is 28.0. The van der Waals surface area contributed by atoms with Crippen molar-refractivity contribution in [3.8, 4) is 0 Å². The molecule has 12 heteroatoms. The van der Waals surface area contributed by atoms with Gasteiger partial charge in [-0.15, -0.1) is 0 Å². The quantitative estimate of drug-likeness (QED) is 0.106. The van der Waals surface area contributed by atoms with E-state index in [1.807, 2.05) is 48.5 Å². The fourth-order valence-electron chi connectivity index (χ4n) is 2.06. The average Bonchev–Trinajstić information content (AvgIpc) is 2.95. The van der Waals surface area contributed by atoms with Crippen LogP contribution in [-0.2, 0) is 52.5 Å². The Kier molecular flexibility index (Phi) is 22.7. The molecule has 0 bridgehead atoms. The molecule has 0 rings (SSSR count). The maximum Gasteiger partial charge on any atom is 0.333 e. The second-order valence-corrected chi connectivity index (χ2v) is 11.5. The highest BCUT2D eigenvalue weighted by molar-refractivity contribution is 5.87. The predicted molar refractivity (Wildman–Crippen MR) is 160 cm³/mol. The molecule has 0 radical (unpaired) electrons. The zero-order chi connectivity index (χ0) is 34.4. The van der Waals surface area contributed by atoms with Gasteiger partial charge in [-0.3, -0.25) is 24.0 Å². The van der Waals surface area contributed by atoms with Gasteiger partial charge in [0.2, 0.25) is 0 Å². The van der Waals surface area contributed by atoms with Crippen LogP contribution in [0.15, 0.2) is 12.2 Å². The van der Waals surface area contributed by atoms with Crippen LogP contribution in [-0.4, -0.2) is 74.5 Å². The summed E-state index contributed by atoms with van der Waals surface area (Å²) in [6.45, 7) is 21.8. The molecular formula is C31H54O12. The third kappa shape index (κ3) is 21.9. The normalized spacial score (nSPS) is 10.9. The van der Waals surface area contributed by atoms with Gasteiger partial charge in [0, 0.05) is 5.57 Å². The van der Waals surface area contributed by atoms with Crippen molar-refractivity contribution in [2.24, 2.45) is 16.2 Å². The first-order valence-electron chi connectivity index (χ1n) is 14.3. The van der Waals surface area contributed by atoms with Crippen molar-refractivity contribution in [1.29, 1.82) is 0 Å². The Bertz CT molecular complexity index is 916. The number of carboxylic acid groups (broad SMARTS) is 1. The summed E-state index contributed by atoms with van der Waals surface area (Å²) < 4.78 is 24.0. The standard InChI is InChI=1S/C12H20O6.C12H20O4.C7H14O2/c1-4-12(2,3)11(16)18-8-7-17-10(15)6-5-9(13)14;1-6-12(4,5)11(14)16-8-7-15-10(13)9(2)3;1-5-7(2,3)6(8)9-4/h4-8H2,1-3H3,(H,13,14);2,6-8H2,1,3-5H3;5H2,1-4H3. The maximum absolute atomic E-state index is 11.5. The van der Waals surface area contributed by atoms with Gasteiger partial charge in [0.15, 0.2) is 0 Å². The van der Waals surface area contributed by atoms with Gasteiger partial charge in [-0.1, -0.05) is 27.4 Å². The number of ether oxygens (including phenoxy) is 5. The molecule has 12 nitrogen and oxygen atoms in total. The van der Waals surface area contributed by atoms with Crippen molar-refractivity contribution in [2.45, 2.75) is 101 Å². The topological polar surface area (TPSA) is 169 Å². The van der Waals surface area contributed by atoms with E-state index in [1.54, 1.807) is 20.8 Å². The van der Waals surface area contributed by atoms with Gasteiger partial charge in [0.25, 0.3) is 0 Å². The lowest BCUT2D eigenvalue weighted by molar-refractivity contribution is -0.159. The SMILES string of the molecule is C=C(C)C(=O)OCCOC(=O)C(C)(C)CC.CCC(C)(C)C(=O)OC.CCC(C)(C)C(=O)OCCOC(=O)CCC(=O)O. The number of rotatable bonds is 16. The van der Waals surface area contributed by atoms with Gasteiger partial charge in [-0.2, -0.15) is 0 Å². The van der Waals surface area contributed by atoms with E-state index in [4.69, 9.17) is 24.1 Å². The molecule has 0 amide bonds. The minimum absolute atomic E-state index is 0.0128. The molecule has 0 unspecified atom stereocenters. The molecule has 0 aromatic rings. The van der Waals surface area contributed by atoms with Gasteiger partial charge >= 0.3 is 35.8 Å². The first-order valence-corrected chi connectivity index (χ1v) is 14.3. The first kappa shape index (κ1) is 44.0. The Balaban J connectivity index is -0.000000588. The van der Waals surface area contributed by atoms with Crippen molar-refractivity contribution in [3.63, 3.8) is 0 Å². The van der Waals surface area contributed by atoms with Crippen LogP contribution in [0.25, 0.3) is 0 Å². The number of methoxy groups -OCH3 is 1. The fraction of sp³-hybridized carbons (Fsp3) is 0.742. The number of hydrogen-bond donors (Lipinski definition) is 1. The van der Waals surface area contributed by atoms with Crippen LogP contribution in [0.2, 0.25) is 0 Å². The summed E-state index contributed by atoms with van der Waals surface area (Å²) >= 11 is 0. The van der Waals surface area contributed by atoms with Gasteiger partial charge in [0.05, 0.1) is 36.2 Å². The molecule has 0 saturated heterocycles. The summed E-state index contributed by atoms with van der Waals surface area (Å²) in [5.74, 6) is -2.88. The Morgan fingerprint density at radius 3 is 1.26 bits per heavy atom. The molecule has 0 spiro atoms. The van der Waals surface area contributed by atoms with E-state index < -0.39 is 28.7 Å². The maximum atomic E-state index is 11.5. The van der Waals surface area contributed by atoms with Crippen LogP contribution in [0, 0.1) is 16.2 Å². The Hall–Kier alpha value is -3.44. The van der Waals surface area contributed by atoms with Crippen LogP contribution in [0.1, 0.15) is 101 Å². The molecule has 250 valence electrons. The molecule has 0 aliphatic carbocycles. The monoisotopic (exact) mass is 618 g/mol. The summed E-state index contributed by atoms with van der Waals surface area (Å²) in [5, 5.41) is 8.35. The van der Waals surface area contributed by atoms with E-state index in [1.165, 1.54) is 7.11 Å². The molecule has 0 aromatic carbocycles. The van der Waals surface area contributed by atoms with Crippen LogP contribution >= 0.6 is 0 Å². The largest absolute Gasteiger partial charge is 0.481 e. The van der Waals surface area contributed by atoms with Crippen molar-refractivity contribution in [1.82, 2.24) is 0 Å². The molecule has 0 fully saturated rings. The van der Waals surface area contributed by atoms with E-state index in [-0.39, 0.29) is 62.6 Å². The first-order chi connectivity index (χ1) is 19.6. The molecule has 0 saturated carbocycles. The third-order valence-electron chi connectivity index (χ3n) is 6.52. The van der Waals surface area contributed by atoms with Crippen LogP contribution in [0.4, 0.5) is 0 Å². The number of carbonyl (C=O) groups excluding carboxylic acids is 5. The third-order valence-corrected chi connectivity index (χ3v) is 6.52. The highest BCUT2D eigenvalue weighted by Crippen LogP contribution is 2.22. The van der Waals surface area contributed by atoms with E-state index in [9.17, 15) is 28.8 Å². The van der Waals surface area contributed by atoms with Crippen molar-refractivity contribution >= 4 is 35.8 Å². The molecule has 43 heavy (non-hydrogen) atoms. The minimum Gasteiger partial charge on any atom is -0.481 e. The van der Waals surface area contributed by atoms with E-state index >= 15 is 0 Å². The Morgan fingerprint density at radius 1 is 0.605 bits per heavy atom. The number of hydrogen-bond acceptors (Lipinski definition) is 11. The van der Waals surface area contributed by atoms with Crippen molar-refractivity contribution < 1.29 is 57.6 Å². The molecule has 0 aliphatic rings. The molecule has 0 aromatic heterocycles. The molecule has 0 heterocycles. The predicted octanol–water partition coefficient (Wildman–Crippen LogP) is 5.05. The average molecular weight is 619 g/mol.